The molecular formula is C41H30N2. The Bertz CT molecular complexity index is 2170. The van der Waals surface area contributed by atoms with Crippen LogP contribution in [0.15, 0.2) is 146 Å². The largest absolute Gasteiger partial charge is 0.265 e. The Morgan fingerprint density at radius 2 is 1.16 bits per heavy atom. The van der Waals surface area contributed by atoms with Crippen LogP contribution >= 0.6 is 0 Å². The van der Waals surface area contributed by atoms with Gasteiger partial charge in [0.05, 0.1) is 5.69 Å². The Labute approximate surface area is 251 Å². The van der Waals surface area contributed by atoms with Gasteiger partial charge in [0.2, 0.25) is 0 Å². The fraction of sp³-hybridized carbons (Fsp3) is 0.0732. The monoisotopic (exact) mass is 550 g/mol. The fourth-order valence-corrected chi connectivity index (χ4v) is 6.69. The molecule has 1 atom stereocenters. The third kappa shape index (κ3) is 4.52. The van der Waals surface area contributed by atoms with Crippen molar-refractivity contribution in [3.05, 3.63) is 152 Å². The van der Waals surface area contributed by atoms with Gasteiger partial charge in [-0.2, -0.15) is 0 Å². The van der Waals surface area contributed by atoms with Crippen LogP contribution in [0, 0.1) is 5.92 Å². The first-order chi connectivity index (χ1) is 21.2. The molecule has 2 nitrogen and oxygen atoms in total. The first-order valence-corrected chi connectivity index (χ1v) is 15.0. The van der Waals surface area contributed by atoms with Crippen molar-refractivity contribution >= 4 is 37.9 Å². The van der Waals surface area contributed by atoms with Gasteiger partial charge in [0.1, 0.15) is 0 Å². The number of allylic oxidation sites excluding steroid dienone is 4. The SMILES string of the molecule is CC1C=CC=C(c2c3ccccc3c(-c3ccc4cc(-c5cc(-c6ccncc6)ccn5)ccc4c3)c3ccccc23)C1. The van der Waals surface area contributed by atoms with Crippen molar-refractivity contribution in [3.63, 3.8) is 0 Å². The van der Waals surface area contributed by atoms with Gasteiger partial charge in [0.15, 0.2) is 0 Å². The van der Waals surface area contributed by atoms with Crippen LogP contribution in [-0.4, -0.2) is 9.97 Å². The Morgan fingerprint density at radius 1 is 0.558 bits per heavy atom. The van der Waals surface area contributed by atoms with E-state index in [0.717, 1.165) is 28.8 Å². The van der Waals surface area contributed by atoms with Gasteiger partial charge >= 0.3 is 0 Å². The Morgan fingerprint density at radius 3 is 1.84 bits per heavy atom. The molecule has 8 rings (SSSR count). The van der Waals surface area contributed by atoms with E-state index in [-0.39, 0.29) is 0 Å². The third-order valence-corrected chi connectivity index (χ3v) is 8.73. The molecule has 0 spiro atoms. The Kier molecular flexibility index (Phi) is 6.19. The van der Waals surface area contributed by atoms with Crippen molar-refractivity contribution in [1.29, 1.82) is 0 Å². The van der Waals surface area contributed by atoms with E-state index in [4.69, 9.17) is 4.98 Å². The molecule has 0 fully saturated rings. The first-order valence-electron chi connectivity index (χ1n) is 15.0. The molecule has 0 bridgehead atoms. The lowest BCUT2D eigenvalue weighted by Crippen LogP contribution is -2.00. The molecule has 1 unspecified atom stereocenters. The molecule has 2 heterocycles. The number of pyridine rings is 2. The maximum atomic E-state index is 4.70. The second-order valence-corrected chi connectivity index (χ2v) is 11.5. The van der Waals surface area contributed by atoms with E-state index in [1.54, 1.807) is 0 Å². The minimum Gasteiger partial charge on any atom is -0.265 e. The van der Waals surface area contributed by atoms with Crippen molar-refractivity contribution in [1.82, 2.24) is 9.97 Å². The predicted octanol–water partition coefficient (Wildman–Crippen LogP) is 10.9. The number of fused-ring (bicyclic) bond motifs is 3. The lowest BCUT2D eigenvalue weighted by atomic mass is 9.82. The van der Waals surface area contributed by atoms with E-state index in [2.05, 4.69) is 121 Å². The highest BCUT2D eigenvalue weighted by atomic mass is 14.7. The van der Waals surface area contributed by atoms with Gasteiger partial charge in [-0.3, -0.25) is 9.97 Å². The number of nitrogens with zero attached hydrogens (tertiary/aromatic N) is 2. The van der Waals surface area contributed by atoms with Gasteiger partial charge in [-0.25, -0.2) is 0 Å². The summed E-state index contributed by atoms with van der Waals surface area (Å²) in [5.41, 5.74) is 9.68. The van der Waals surface area contributed by atoms with Crippen molar-refractivity contribution in [2.75, 3.05) is 0 Å². The Hall–Kier alpha value is -5.34. The molecule has 0 saturated carbocycles. The van der Waals surface area contributed by atoms with Crippen LogP contribution in [-0.2, 0) is 0 Å². The predicted molar refractivity (Wildman–Crippen MR) is 182 cm³/mol. The van der Waals surface area contributed by atoms with Crippen molar-refractivity contribution in [2.45, 2.75) is 13.3 Å². The van der Waals surface area contributed by atoms with Gasteiger partial charge in [0.25, 0.3) is 0 Å². The van der Waals surface area contributed by atoms with Crippen LogP contribution in [0.4, 0.5) is 0 Å². The highest BCUT2D eigenvalue weighted by molar-refractivity contribution is 6.19. The van der Waals surface area contributed by atoms with E-state index in [0.29, 0.717) is 5.92 Å². The summed E-state index contributed by atoms with van der Waals surface area (Å²) in [6.07, 6.45) is 13.4. The zero-order valence-corrected chi connectivity index (χ0v) is 24.0. The summed E-state index contributed by atoms with van der Waals surface area (Å²) < 4.78 is 0. The molecule has 2 aromatic heterocycles. The molecule has 43 heavy (non-hydrogen) atoms. The summed E-state index contributed by atoms with van der Waals surface area (Å²) >= 11 is 0. The molecule has 0 amide bonds. The number of hydrogen-bond acceptors (Lipinski definition) is 2. The summed E-state index contributed by atoms with van der Waals surface area (Å²) in [7, 11) is 0. The van der Waals surface area contributed by atoms with Crippen LogP contribution in [0.5, 0.6) is 0 Å². The topological polar surface area (TPSA) is 25.8 Å². The summed E-state index contributed by atoms with van der Waals surface area (Å²) in [6.45, 7) is 2.30. The highest BCUT2D eigenvalue weighted by Gasteiger charge is 2.19. The maximum absolute atomic E-state index is 4.70. The van der Waals surface area contributed by atoms with Crippen molar-refractivity contribution in [2.24, 2.45) is 5.92 Å². The zero-order chi connectivity index (χ0) is 28.8. The quantitative estimate of drug-likeness (QED) is 0.204. The highest BCUT2D eigenvalue weighted by Crippen LogP contribution is 2.44. The third-order valence-electron chi connectivity index (χ3n) is 8.73. The van der Waals surface area contributed by atoms with Crippen LogP contribution in [0.3, 0.4) is 0 Å². The second-order valence-electron chi connectivity index (χ2n) is 11.5. The van der Waals surface area contributed by atoms with Gasteiger partial charge in [-0.15, -0.1) is 0 Å². The standard InChI is InChI=1S/C41H30N2/c1-27-7-6-8-33(23-27)40-35-9-2-4-11-37(35)41(38-12-5-3-10-36(38)40)34-16-14-29-24-32(15-13-30(29)25-34)39-26-31(19-22-43-39)28-17-20-42-21-18-28/h2-22,24-27H,23H2,1H3. The van der Waals surface area contributed by atoms with Gasteiger partial charge < -0.3 is 0 Å². The zero-order valence-electron chi connectivity index (χ0n) is 24.0. The Balaban J connectivity index is 1.27. The van der Waals surface area contributed by atoms with E-state index in [1.807, 2.05) is 36.8 Å². The van der Waals surface area contributed by atoms with E-state index < -0.39 is 0 Å². The van der Waals surface area contributed by atoms with Crippen molar-refractivity contribution in [3.8, 4) is 33.5 Å². The number of rotatable bonds is 4. The van der Waals surface area contributed by atoms with Crippen LogP contribution in [0.1, 0.15) is 18.9 Å². The summed E-state index contributed by atoms with van der Waals surface area (Å²) in [4.78, 5) is 8.86. The van der Waals surface area contributed by atoms with E-state index in [1.165, 1.54) is 54.6 Å². The smallest absolute Gasteiger partial charge is 0.0708 e. The number of aromatic nitrogens is 2. The molecular weight excluding hydrogens is 520 g/mol. The molecule has 7 aromatic rings. The molecule has 0 aliphatic heterocycles. The maximum Gasteiger partial charge on any atom is 0.0708 e. The first kappa shape index (κ1) is 25.4. The summed E-state index contributed by atoms with van der Waals surface area (Å²) in [6, 6.07) is 39.7. The van der Waals surface area contributed by atoms with Crippen LogP contribution in [0.2, 0.25) is 0 Å². The van der Waals surface area contributed by atoms with E-state index >= 15 is 0 Å². The lowest BCUT2D eigenvalue weighted by molar-refractivity contribution is 0.750. The second kappa shape index (κ2) is 10.5. The molecule has 0 saturated heterocycles. The fourth-order valence-electron chi connectivity index (χ4n) is 6.69. The lowest BCUT2D eigenvalue weighted by Gasteiger charge is -2.22. The average molecular weight is 551 g/mol. The number of hydrogen-bond donors (Lipinski definition) is 0. The van der Waals surface area contributed by atoms with Crippen molar-refractivity contribution < 1.29 is 0 Å². The normalized spacial score (nSPS) is 14.8. The molecule has 0 radical (unpaired) electrons. The minimum absolute atomic E-state index is 0.538. The van der Waals surface area contributed by atoms with Gasteiger partial charge in [0, 0.05) is 24.2 Å². The summed E-state index contributed by atoms with van der Waals surface area (Å²) in [5.74, 6) is 0.538. The molecule has 0 N–H and O–H groups in total. The molecule has 1 aliphatic rings. The van der Waals surface area contributed by atoms with Crippen LogP contribution < -0.4 is 0 Å². The molecule has 1 aliphatic carbocycles. The van der Waals surface area contributed by atoms with Crippen LogP contribution in [0.25, 0.3) is 71.4 Å². The van der Waals surface area contributed by atoms with E-state index in [9.17, 15) is 0 Å². The average Bonchev–Trinajstić information content (AvgIpc) is 3.07. The summed E-state index contributed by atoms with van der Waals surface area (Å²) in [5, 5.41) is 7.66. The van der Waals surface area contributed by atoms with Gasteiger partial charge in [-0.1, -0.05) is 97.9 Å². The molecule has 5 aromatic carbocycles. The molecule has 2 heteroatoms. The minimum atomic E-state index is 0.538. The number of benzene rings is 5. The molecule has 204 valence electrons. The van der Waals surface area contributed by atoms with Gasteiger partial charge in [-0.05, 0) is 114 Å².